The van der Waals surface area contributed by atoms with E-state index in [-0.39, 0.29) is 0 Å². The first-order valence-electron chi connectivity index (χ1n) is 7.23. The second kappa shape index (κ2) is 8.23. The topological polar surface area (TPSA) is 21.3 Å². The molecule has 0 saturated carbocycles. The van der Waals surface area contributed by atoms with Gasteiger partial charge in [0.15, 0.2) is 0 Å². The minimum Gasteiger partial charge on any atom is -0.383 e. The van der Waals surface area contributed by atoms with E-state index >= 15 is 0 Å². The smallest absolute Gasteiger partial charge is 0.0587 e. The van der Waals surface area contributed by atoms with Crippen molar-refractivity contribution < 1.29 is 4.74 Å². The molecule has 0 bridgehead atoms. The summed E-state index contributed by atoms with van der Waals surface area (Å²) in [5.41, 5.74) is 3.94. The average molecular weight is 301 g/mol. The molecule has 0 spiro atoms. The highest BCUT2D eigenvalue weighted by atomic mass is 32.2. The average Bonchev–Trinajstić information content (AvgIpc) is 2.48. The van der Waals surface area contributed by atoms with Crippen molar-refractivity contribution in [2.45, 2.75) is 30.2 Å². The monoisotopic (exact) mass is 301 g/mol. The van der Waals surface area contributed by atoms with Crippen LogP contribution in [-0.2, 0) is 11.3 Å². The van der Waals surface area contributed by atoms with Crippen LogP contribution < -0.4 is 5.32 Å². The highest BCUT2D eigenvalue weighted by molar-refractivity contribution is 7.99. The summed E-state index contributed by atoms with van der Waals surface area (Å²) in [5.74, 6) is 0. The molecule has 0 amide bonds. The molecule has 0 atom stereocenters. The summed E-state index contributed by atoms with van der Waals surface area (Å²) in [6.45, 7) is 6.75. The van der Waals surface area contributed by atoms with E-state index in [0.29, 0.717) is 0 Å². The quantitative estimate of drug-likeness (QED) is 0.775. The van der Waals surface area contributed by atoms with Gasteiger partial charge in [-0.1, -0.05) is 47.2 Å². The van der Waals surface area contributed by atoms with Gasteiger partial charge in [-0.15, -0.1) is 0 Å². The summed E-state index contributed by atoms with van der Waals surface area (Å²) >= 11 is 1.82. The third-order valence-electron chi connectivity index (χ3n) is 3.26. The van der Waals surface area contributed by atoms with Crippen LogP contribution in [0.2, 0.25) is 0 Å². The van der Waals surface area contributed by atoms with Gasteiger partial charge in [-0.05, 0) is 37.6 Å². The predicted molar refractivity (Wildman–Crippen MR) is 90.1 cm³/mol. The molecular formula is C18H23NOS. The number of methoxy groups -OCH3 is 1. The lowest BCUT2D eigenvalue weighted by atomic mass is 10.1. The number of nitrogens with one attached hydrogen (secondary N) is 1. The van der Waals surface area contributed by atoms with Crippen molar-refractivity contribution in [2.75, 3.05) is 20.3 Å². The van der Waals surface area contributed by atoms with Gasteiger partial charge in [0.1, 0.15) is 0 Å². The van der Waals surface area contributed by atoms with E-state index in [1.807, 2.05) is 11.8 Å². The molecule has 0 unspecified atom stereocenters. The molecule has 0 aromatic heterocycles. The fourth-order valence-corrected chi connectivity index (χ4v) is 3.00. The Morgan fingerprint density at radius 1 is 1.00 bits per heavy atom. The second-order valence-electron chi connectivity index (χ2n) is 5.20. The fraction of sp³-hybridized carbons (Fsp3) is 0.333. The van der Waals surface area contributed by atoms with Crippen molar-refractivity contribution in [3.05, 3.63) is 59.2 Å². The molecule has 2 aromatic carbocycles. The van der Waals surface area contributed by atoms with Crippen LogP contribution in [0, 0.1) is 13.8 Å². The number of ether oxygens (including phenoxy) is 1. The molecule has 2 aromatic rings. The molecule has 0 aliphatic heterocycles. The third kappa shape index (κ3) is 5.20. The van der Waals surface area contributed by atoms with Gasteiger partial charge in [0.25, 0.3) is 0 Å². The van der Waals surface area contributed by atoms with E-state index in [1.165, 1.54) is 26.5 Å². The van der Waals surface area contributed by atoms with Crippen LogP contribution in [0.5, 0.6) is 0 Å². The zero-order chi connectivity index (χ0) is 15.1. The van der Waals surface area contributed by atoms with Gasteiger partial charge >= 0.3 is 0 Å². The molecule has 2 nitrogen and oxygen atoms in total. The lowest BCUT2D eigenvalue weighted by Gasteiger charge is -2.11. The summed E-state index contributed by atoms with van der Waals surface area (Å²) < 4.78 is 5.07. The molecule has 0 saturated heterocycles. The normalized spacial score (nSPS) is 10.8. The van der Waals surface area contributed by atoms with Gasteiger partial charge in [0.2, 0.25) is 0 Å². The SMILES string of the molecule is COCCNCc1cc(C)ccc1Sc1ccc(C)cc1. The van der Waals surface area contributed by atoms with Gasteiger partial charge in [0.05, 0.1) is 6.61 Å². The van der Waals surface area contributed by atoms with Gasteiger partial charge in [-0.25, -0.2) is 0 Å². The summed E-state index contributed by atoms with van der Waals surface area (Å²) in [6, 6.07) is 15.3. The van der Waals surface area contributed by atoms with Crippen LogP contribution in [0.4, 0.5) is 0 Å². The molecule has 0 heterocycles. The molecular weight excluding hydrogens is 278 g/mol. The van der Waals surface area contributed by atoms with Gasteiger partial charge < -0.3 is 10.1 Å². The second-order valence-corrected chi connectivity index (χ2v) is 6.31. The lowest BCUT2D eigenvalue weighted by Crippen LogP contribution is -2.19. The van der Waals surface area contributed by atoms with Crippen molar-refractivity contribution in [1.29, 1.82) is 0 Å². The zero-order valence-electron chi connectivity index (χ0n) is 13.0. The highest BCUT2D eigenvalue weighted by Crippen LogP contribution is 2.31. The first kappa shape index (κ1) is 16.1. The number of aryl methyl sites for hydroxylation is 2. The van der Waals surface area contributed by atoms with Crippen molar-refractivity contribution in [3.63, 3.8) is 0 Å². The molecule has 0 fully saturated rings. The Labute approximate surface area is 131 Å². The van der Waals surface area contributed by atoms with Crippen molar-refractivity contribution in [2.24, 2.45) is 0 Å². The summed E-state index contributed by atoms with van der Waals surface area (Å²) in [6.07, 6.45) is 0. The Kier molecular flexibility index (Phi) is 6.30. The lowest BCUT2D eigenvalue weighted by molar-refractivity contribution is 0.199. The standard InChI is InChI=1S/C18H23NOS/c1-14-4-7-17(8-5-14)21-18-9-6-15(2)12-16(18)13-19-10-11-20-3/h4-9,12,19H,10-11,13H2,1-3H3. The Hall–Kier alpha value is -1.29. The molecule has 2 rings (SSSR count). The molecule has 3 heteroatoms. The molecule has 112 valence electrons. The van der Waals surface area contributed by atoms with E-state index < -0.39 is 0 Å². The van der Waals surface area contributed by atoms with E-state index in [2.05, 4.69) is 61.6 Å². The van der Waals surface area contributed by atoms with Gasteiger partial charge in [-0.2, -0.15) is 0 Å². The molecule has 0 aliphatic carbocycles. The Balaban J connectivity index is 2.08. The Morgan fingerprint density at radius 3 is 2.43 bits per heavy atom. The van der Waals surface area contributed by atoms with E-state index in [9.17, 15) is 0 Å². The van der Waals surface area contributed by atoms with Crippen molar-refractivity contribution in [3.8, 4) is 0 Å². The highest BCUT2D eigenvalue weighted by Gasteiger charge is 2.05. The minimum atomic E-state index is 0.742. The molecule has 1 N–H and O–H groups in total. The maximum absolute atomic E-state index is 5.07. The number of rotatable bonds is 7. The van der Waals surface area contributed by atoms with E-state index in [4.69, 9.17) is 4.74 Å². The first-order valence-corrected chi connectivity index (χ1v) is 8.04. The fourth-order valence-electron chi connectivity index (χ4n) is 2.08. The Bertz CT molecular complexity index is 566. The van der Waals surface area contributed by atoms with Gasteiger partial charge in [-0.3, -0.25) is 0 Å². The van der Waals surface area contributed by atoms with Crippen molar-refractivity contribution >= 4 is 11.8 Å². The Morgan fingerprint density at radius 2 is 1.71 bits per heavy atom. The number of benzene rings is 2. The molecule has 0 radical (unpaired) electrons. The third-order valence-corrected chi connectivity index (χ3v) is 4.39. The first-order chi connectivity index (χ1) is 10.2. The van der Waals surface area contributed by atoms with Crippen LogP contribution in [0.1, 0.15) is 16.7 Å². The van der Waals surface area contributed by atoms with Crippen molar-refractivity contribution in [1.82, 2.24) is 5.32 Å². The van der Waals surface area contributed by atoms with Crippen LogP contribution in [0.25, 0.3) is 0 Å². The molecule has 21 heavy (non-hydrogen) atoms. The largest absolute Gasteiger partial charge is 0.383 e. The molecule has 0 aliphatic rings. The van der Waals surface area contributed by atoms with Crippen LogP contribution in [-0.4, -0.2) is 20.3 Å². The van der Waals surface area contributed by atoms with Gasteiger partial charge in [0, 0.05) is 30.0 Å². The van der Waals surface area contributed by atoms with Crippen LogP contribution in [0.15, 0.2) is 52.3 Å². The summed E-state index contributed by atoms with van der Waals surface area (Å²) in [7, 11) is 1.73. The van der Waals surface area contributed by atoms with E-state index in [1.54, 1.807) is 7.11 Å². The van der Waals surface area contributed by atoms with E-state index in [0.717, 1.165) is 19.7 Å². The maximum atomic E-state index is 5.07. The zero-order valence-corrected chi connectivity index (χ0v) is 13.8. The predicted octanol–water partition coefficient (Wildman–Crippen LogP) is 4.19. The number of hydrogen-bond acceptors (Lipinski definition) is 3. The van der Waals surface area contributed by atoms with Crippen LogP contribution in [0.3, 0.4) is 0 Å². The minimum absolute atomic E-state index is 0.742. The summed E-state index contributed by atoms with van der Waals surface area (Å²) in [4.78, 5) is 2.59. The maximum Gasteiger partial charge on any atom is 0.0587 e. The summed E-state index contributed by atoms with van der Waals surface area (Å²) in [5, 5.41) is 3.43. The van der Waals surface area contributed by atoms with Crippen LogP contribution >= 0.6 is 11.8 Å². The number of hydrogen-bond donors (Lipinski definition) is 1.